The van der Waals surface area contributed by atoms with E-state index in [1.165, 1.54) is 16.8 Å². The molecule has 26 heavy (non-hydrogen) atoms. The number of hydrogen-bond acceptors (Lipinski definition) is 3. The molecule has 1 aliphatic rings. The first-order valence-electron chi connectivity index (χ1n) is 9.01. The number of guanidine groups is 1. The Hall–Kier alpha value is -1.64. The predicted molar refractivity (Wildman–Crippen MR) is 116 cm³/mol. The first-order chi connectivity index (χ1) is 12.1. The van der Waals surface area contributed by atoms with Crippen LogP contribution in [-0.2, 0) is 19.4 Å². The molecule has 0 aromatic carbocycles. The zero-order valence-electron chi connectivity index (χ0n) is 16.0. The first-order valence-corrected chi connectivity index (χ1v) is 9.01. The van der Waals surface area contributed by atoms with Crippen LogP contribution in [0.25, 0.3) is 0 Å². The zero-order valence-corrected chi connectivity index (χ0v) is 18.3. The molecule has 2 N–H and O–H groups in total. The second-order valence-corrected chi connectivity index (χ2v) is 6.95. The van der Waals surface area contributed by atoms with Crippen LogP contribution in [-0.4, -0.2) is 33.8 Å². The van der Waals surface area contributed by atoms with Crippen molar-refractivity contribution in [3.8, 4) is 0 Å². The molecule has 2 aromatic rings. The van der Waals surface area contributed by atoms with Crippen molar-refractivity contribution in [2.75, 3.05) is 7.05 Å². The normalized spacial score (nSPS) is 16.8. The average molecular weight is 468 g/mol. The maximum Gasteiger partial charge on any atom is 0.191 e. The molecule has 1 unspecified atom stereocenters. The van der Waals surface area contributed by atoms with Gasteiger partial charge in [-0.3, -0.25) is 14.7 Å². The third-order valence-corrected chi connectivity index (χ3v) is 4.73. The van der Waals surface area contributed by atoms with Crippen LogP contribution in [0.5, 0.6) is 0 Å². The van der Waals surface area contributed by atoms with Gasteiger partial charge in [0.2, 0.25) is 0 Å². The minimum Gasteiger partial charge on any atom is -0.353 e. The van der Waals surface area contributed by atoms with Crippen LogP contribution in [0.4, 0.5) is 0 Å². The Kier molecular flexibility index (Phi) is 7.43. The van der Waals surface area contributed by atoms with Gasteiger partial charge in [0.1, 0.15) is 0 Å². The maximum absolute atomic E-state index is 4.75. The number of hydrogen-bond donors (Lipinski definition) is 2. The molecule has 1 atom stereocenters. The van der Waals surface area contributed by atoms with E-state index in [9.17, 15) is 0 Å². The summed E-state index contributed by atoms with van der Waals surface area (Å²) in [7, 11) is 1.81. The van der Waals surface area contributed by atoms with E-state index >= 15 is 0 Å². The van der Waals surface area contributed by atoms with Gasteiger partial charge in [-0.25, -0.2) is 0 Å². The third kappa shape index (κ3) is 4.96. The van der Waals surface area contributed by atoms with E-state index in [0.717, 1.165) is 30.9 Å². The van der Waals surface area contributed by atoms with E-state index in [1.807, 2.05) is 19.3 Å². The standard InChI is InChI=1S/C19H28N6.HI/c1-13(2)25-12-15-7-8-16(10-17(15)24-25)23-19(20-4)22-11-18-14(3)6-5-9-21-18;/h5-6,9,12-13,16H,7-8,10-11H2,1-4H3,(H2,20,22,23);1H. The van der Waals surface area contributed by atoms with Gasteiger partial charge in [-0.15, -0.1) is 24.0 Å². The molecule has 2 aromatic heterocycles. The van der Waals surface area contributed by atoms with Crippen molar-refractivity contribution in [2.45, 2.75) is 58.7 Å². The lowest BCUT2D eigenvalue weighted by atomic mass is 9.94. The fourth-order valence-electron chi connectivity index (χ4n) is 3.16. The lowest BCUT2D eigenvalue weighted by Gasteiger charge is -2.24. The number of aromatic nitrogens is 3. The van der Waals surface area contributed by atoms with E-state index < -0.39 is 0 Å². The minimum atomic E-state index is 0. The van der Waals surface area contributed by atoms with Gasteiger partial charge in [-0.1, -0.05) is 6.07 Å². The van der Waals surface area contributed by atoms with Crippen LogP contribution in [0.15, 0.2) is 29.5 Å². The summed E-state index contributed by atoms with van der Waals surface area (Å²) in [6.45, 7) is 7.08. The highest BCUT2D eigenvalue weighted by atomic mass is 127. The average Bonchev–Trinajstić information content (AvgIpc) is 3.03. The predicted octanol–water partition coefficient (Wildman–Crippen LogP) is 3.01. The monoisotopic (exact) mass is 468 g/mol. The van der Waals surface area contributed by atoms with E-state index in [2.05, 4.69) is 58.3 Å². The molecule has 3 rings (SSSR count). The highest BCUT2D eigenvalue weighted by Crippen LogP contribution is 2.21. The smallest absolute Gasteiger partial charge is 0.191 e. The lowest BCUT2D eigenvalue weighted by Crippen LogP contribution is -2.45. The third-order valence-electron chi connectivity index (χ3n) is 4.73. The van der Waals surface area contributed by atoms with Crippen LogP contribution in [0.2, 0.25) is 0 Å². The van der Waals surface area contributed by atoms with Crippen molar-refractivity contribution in [2.24, 2.45) is 4.99 Å². The summed E-state index contributed by atoms with van der Waals surface area (Å²) >= 11 is 0. The summed E-state index contributed by atoms with van der Waals surface area (Å²) in [6.07, 6.45) is 7.13. The number of nitrogens with zero attached hydrogens (tertiary/aromatic N) is 4. The first kappa shape index (κ1) is 20.7. The molecule has 2 heterocycles. The van der Waals surface area contributed by atoms with Crippen molar-refractivity contribution >= 4 is 29.9 Å². The van der Waals surface area contributed by atoms with Crippen LogP contribution in [0.3, 0.4) is 0 Å². The highest BCUT2D eigenvalue weighted by Gasteiger charge is 2.23. The Balaban J connectivity index is 0.00000243. The van der Waals surface area contributed by atoms with Gasteiger partial charge in [-0.2, -0.15) is 5.10 Å². The molecule has 6 nitrogen and oxygen atoms in total. The molecule has 0 amide bonds. The van der Waals surface area contributed by atoms with Gasteiger partial charge in [-0.05, 0) is 50.8 Å². The highest BCUT2D eigenvalue weighted by molar-refractivity contribution is 14.0. The SMILES string of the molecule is CN=C(NCc1ncccc1C)NC1CCc2cn(C(C)C)nc2C1.I. The molecule has 0 aliphatic heterocycles. The van der Waals surface area contributed by atoms with Gasteiger partial charge in [0.15, 0.2) is 5.96 Å². The molecular weight excluding hydrogens is 439 g/mol. The van der Waals surface area contributed by atoms with Gasteiger partial charge in [0.25, 0.3) is 0 Å². The molecule has 0 saturated heterocycles. The van der Waals surface area contributed by atoms with E-state index in [0.29, 0.717) is 18.6 Å². The summed E-state index contributed by atoms with van der Waals surface area (Å²) in [5.41, 5.74) is 4.84. The van der Waals surface area contributed by atoms with E-state index in [1.54, 1.807) is 0 Å². The lowest BCUT2D eigenvalue weighted by molar-refractivity contribution is 0.499. The maximum atomic E-state index is 4.75. The number of pyridine rings is 1. The number of halogens is 1. The fourth-order valence-corrected chi connectivity index (χ4v) is 3.16. The van der Waals surface area contributed by atoms with Crippen LogP contribution in [0, 0.1) is 6.92 Å². The Morgan fingerprint density at radius 2 is 2.23 bits per heavy atom. The van der Waals surface area contributed by atoms with Crippen LogP contribution >= 0.6 is 24.0 Å². The second-order valence-electron chi connectivity index (χ2n) is 6.95. The number of nitrogens with one attached hydrogen (secondary N) is 2. The quantitative estimate of drug-likeness (QED) is 0.412. The molecule has 142 valence electrons. The molecule has 0 fully saturated rings. The Labute approximate surface area is 172 Å². The molecule has 7 heteroatoms. The summed E-state index contributed by atoms with van der Waals surface area (Å²) < 4.78 is 2.07. The topological polar surface area (TPSA) is 67.1 Å². The molecule has 1 aliphatic carbocycles. The fraction of sp³-hybridized carbons (Fsp3) is 0.526. The Morgan fingerprint density at radius 3 is 2.92 bits per heavy atom. The van der Waals surface area contributed by atoms with Crippen molar-refractivity contribution < 1.29 is 0 Å². The Morgan fingerprint density at radius 1 is 1.42 bits per heavy atom. The van der Waals surface area contributed by atoms with E-state index in [-0.39, 0.29) is 24.0 Å². The molecule has 0 spiro atoms. The van der Waals surface area contributed by atoms with E-state index in [4.69, 9.17) is 5.10 Å². The van der Waals surface area contributed by atoms with Gasteiger partial charge >= 0.3 is 0 Å². The van der Waals surface area contributed by atoms with Gasteiger partial charge < -0.3 is 10.6 Å². The van der Waals surface area contributed by atoms with Crippen molar-refractivity contribution in [1.82, 2.24) is 25.4 Å². The number of rotatable bonds is 4. The zero-order chi connectivity index (χ0) is 17.8. The Bertz CT molecular complexity index is 752. The molecule has 0 radical (unpaired) electrons. The second kappa shape index (κ2) is 9.34. The van der Waals surface area contributed by atoms with Crippen molar-refractivity contribution in [3.63, 3.8) is 0 Å². The number of aliphatic imine (C=N–C) groups is 1. The largest absolute Gasteiger partial charge is 0.353 e. The minimum absolute atomic E-state index is 0. The molecule has 0 bridgehead atoms. The summed E-state index contributed by atoms with van der Waals surface area (Å²) in [5, 5.41) is 11.7. The number of fused-ring (bicyclic) bond motifs is 1. The van der Waals surface area contributed by atoms with Crippen molar-refractivity contribution in [1.29, 1.82) is 0 Å². The number of aryl methyl sites for hydroxylation is 2. The van der Waals surface area contributed by atoms with Gasteiger partial charge in [0.05, 0.1) is 17.9 Å². The summed E-state index contributed by atoms with van der Waals surface area (Å²) in [6, 6.07) is 4.81. The summed E-state index contributed by atoms with van der Waals surface area (Å²) in [4.78, 5) is 8.78. The van der Waals surface area contributed by atoms with Crippen LogP contribution in [0.1, 0.15) is 48.8 Å². The van der Waals surface area contributed by atoms with Crippen molar-refractivity contribution in [3.05, 3.63) is 47.0 Å². The molecular formula is C19H29IN6. The molecule has 0 saturated carbocycles. The summed E-state index contributed by atoms with van der Waals surface area (Å²) in [5.74, 6) is 0.821. The van der Waals surface area contributed by atoms with Crippen LogP contribution < -0.4 is 10.6 Å². The van der Waals surface area contributed by atoms with Gasteiger partial charge in [0, 0.05) is 37.9 Å².